The van der Waals surface area contributed by atoms with Gasteiger partial charge in [0.25, 0.3) is 0 Å². The van der Waals surface area contributed by atoms with Crippen LogP contribution in [0, 0.1) is 0 Å². The van der Waals surface area contributed by atoms with Crippen molar-refractivity contribution in [1.29, 1.82) is 0 Å². The Labute approximate surface area is 131 Å². The van der Waals surface area contributed by atoms with E-state index in [1.807, 2.05) is 0 Å². The molecule has 0 atom stereocenters. The molecule has 3 heteroatoms. The van der Waals surface area contributed by atoms with Crippen molar-refractivity contribution in [2.24, 2.45) is 0 Å². The molecule has 0 aromatic heterocycles. The van der Waals surface area contributed by atoms with Crippen LogP contribution in [0.5, 0.6) is 0 Å². The fraction of sp³-hybridized carbons (Fsp3) is 0.294. The van der Waals surface area contributed by atoms with E-state index in [9.17, 15) is 0 Å². The Balaban J connectivity index is 2.07. The molecule has 0 aliphatic carbocycles. The third kappa shape index (κ3) is 2.72. The van der Waals surface area contributed by atoms with Crippen molar-refractivity contribution in [2.45, 2.75) is 17.2 Å². The second-order valence-corrected chi connectivity index (χ2v) is 13.1. The van der Waals surface area contributed by atoms with Gasteiger partial charge in [0.2, 0.25) is 0 Å². The SMILES string of the molecule is C[Si](c1ccccc1)(c1ccccc1)C1SCCCS1. The van der Waals surface area contributed by atoms with Crippen LogP contribution in [0.1, 0.15) is 6.42 Å². The molecule has 2 aromatic carbocycles. The van der Waals surface area contributed by atoms with Crippen LogP contribution in [-0.4, -0.2) is 23.8 Å². The van der Waals surface area contributed by atoms with Crippen LogP contribution in [0.15, 0.2) is 60.7 Å². The van der Waals surface area contributed by atoms with Gasteiger partial charge in [-0.3, -0.25) is 0 Å². The smallest absolute Gasteiger partial charge is 0.139 e. The minimum atomic E-state index is -1.67. The molecule has 104 valence electrons. The minimum Gasteiger partial charge on any atom is -0.150 e. The maximum Gasteiger partial charge on any atom is 0.139 e. The summed E-state index contributed by atoms with van der Waals surface area (Å²) in [6, 6.07) is 22.4. The summed E-state index contributed by atoms with van der Waals surface area (Å²) in [4.78, 5) is 0. The molecule has 20 heavy (non-hydrogen) atoms. The van der Waals surface area contributed by atoms with E-state index >= 15 is 0 Å². The summed E-state index contributed by atoms with van der Waals surface area (Å²) in [7, 11) is -1.67. The number of benzene rings is 2. The molecular formula is C17H20S2Si. The van der Waals surface area contributed by atoms with Crippen LogP contribution in [0.25, 0.3) is 0 Å². The van der Waals surface area contributed by atoms with Crippen molar-refractivity contribution in [1.82, 2.24) is 0 Å². The zero-order valence-electron chi connectivity index (χ0n) is 11.8. The lowest BCUT2D eigenvalue weighted by Gasteiger charge is -2.38. The molecule has 1 fully saturated rings. The fourth-order valence-corrected chi connectivity index (χ4v) is 12.7. The summed E-state index contributed by atoms with van der Waals surface area (Å²) in [6.07, 6.45) is 1.36. The fourth-order valence-electron chi connectivity index (χ4n) is 2.83. The summed E-state index contributed by atoms with van der Waals surface area (Å²) < 4.78 is 0.737. The van der Waals surface area contributed by atoms with E-state index in [2.05, 4.69) is 90.7 Å². The Morgan fingerprint density at radius 1 is 0.800 bits per heavy atom. The first-order chi connectivity index (χ1) is 9.82. The molecule has 1 aliphatic heterocycles. The normalized spacial score (nSPS) is 17.1. The topological polar surface area (TPSA) is 0 Å². The zero-order chi connectivity index (χ0) is 13.8. The second kappa shape index (κ2) is 6.42. The van der Waals surface area contributed by atoms with Crippen molar-refractivity contribution in [2.75, 3.05) is 11.5 Å². The van der Waals surface area contributed by atoms with Gasteiger partial charge in [-0.2, -0.15) is 23.5 Å². The van der Waals surface area contributed by atoms with Gasteiger partial charge in [-0.25, -0.2) is 0 Å². The van der Waals surface area contributed by atoms with Crippen LogP contribution in [0.2, 0.25) is 6.55 Å². The van der Waals surface area contributed by atoms with E-state index in [4.69, 9.17) is 0 Å². The first-order valence-corrected chi connectivity index (χ1v) is 11.8. The van der Waals surface area contributed by atoms with Crippen molar-refractivity contribution < 1.29 is 0 Å². The average molecular weight is 317 g/mol. The number of thioether (sulfide) groups is 2. The van der Waals surface area contributed by atoms with E-state index < -0.39 is 8.07 Å². The van der Waals surface area contributed by atoms with Crippen molar-refractivity contribution >= 4 is 42.0 Å². The lowest BCUT2D eigenvalue weighted by molar-refractivity contribution is 1.11. The summed E-state index contributed by atoms with van der Waals surface area (Å²) in [5, 5.41) is 3.14. The zero-order valence-corrected chi connectivity index (χ0v) is 14.4. The van der Waals surface area contributed by atoms with E-state index in [-0.39, 0.29) is 0 Å². The van der Waals surface area contributed by atoms with Crippen LogP contribution < -0.4 is 10.4 Å². The summed E-state index contributed by atoms with van der Waals surface area (Å²) in [5.74, 6) is 2.64. The molecule has 1 aliphatic rings. The Kier molecular flexibility index (Phi) is 4.59. The monoisotopic (exact) mass is 316 g/mol. The van der Waals surface area contributed by atoms with Crippen LogP contribution in [0.4, 0.5) is 0 Å². The van der Waals surface area contributed by atoms with Gasteiger partial charge in [-0.05, 0) is 17.9 Å². The Morgan fingerprint density at radius 3 is 1.70 bits per heavy atom. The van der Waals surface area contributed by atoms with Gasteiger partial charge in [0.05, 0.1) is 4.21 Å². The van der Waals surface area contributed by atoms with E-state index in [1.165, 1.54) is 17.9 Å². The second-order valence-electron chi connectivity index (χ2n) is 5.36. The third-order valence-corrected chi connectivity index (χ3v) is 14.4. The van der Waals surface area contributed by atoms with E-state index in [1.54, 1.807) is 10.4 Å². The van der Waals surface area contributed by atoms with Crippen LogP contribution >= 0.6 is 23.5 Å². The Morgan fingerprint density at radius 2 is 1.25 bits per heavy atom. The highest BCUT2D eigenvalue weighted by Crippen LogP contribution is 2.36. The number of hydrogen-bond acceptors (Lipinski definition) is 2. The van der Waals surface area contributed by atoms with Gasteiger partial charge in [0, 0.05) is 0 Å². The molecule has 1 saturated heterocycles. The van der Waals surface area contributed by atoms with Gasteiger partial charge >= 0.3 is 0 Å². The summed E-state index contributed by atoms with van der Waals surface area (Å²) in [6.45, 7) is 2.55. The quantitative estimate of drug-likeness (QED) is 0.793. The summed E-state index contributed by atoms with van der Waals surface area (Å²) >= 11 is 4.37. The van der Waals surface area contributed by atoms with Crippen molar-refractivity contribution in [3.8, 4) is 0 Å². The molecule has 0 radical (unpaired) electrons. The van der Waals surface area contributed by atoms with Gasteiger partial charge in [-0.1, -0.05) is 77.6 Å². The molecule has 0 saturated carbocycles. The molecule has 0 N–H and O–H groups in total. The highest BCUT2D eigenvalue weighted by molar-refractivity contribution is 8.20. The maximum absolute atomic E-state index is 2.55. The lowest BCUT2D eigenvalue weighted by atomic mass is 10.4. The van der Waals surface area contributed by atoms with Gasteiger partial charge < -0.3 is 0 Å². The van der Waals surface area contributed by atoms with Gasteiger partial charge in [-0.15, -0.1) is 0 Å². The lowest BCUT2D eigenvalue weighted by Crippen LogP contribution is -2.62. The number of hydrogen-bond donors (Lipinski definition) is 0. The predicted octanol–water partition coefficient (Wildman–Crippen LogP) is 3.61. The standard InChI is InChI=1S/C17H20S2Si/c1-20(15-9-4-2-5-10-15,16-11-6-3-7-12-16)17-18-13-8-14-19-17/h2-7,9-12,17H,8,13-14H2,1H3. The molecule has 0 amide bonds. The van der Waals surface area contributed by atoms with Crippen molar-refractivity contribution in [3.05, 3.63) is 60.7 Å². The van der Waals surface area contributed by atoms with E-state index in [0.29, 0.717) is 0 Å². The van der Waals surface area contributed by atoms with Gasteiger partial charge in [0.1, 0.15) is 8.07 Å². The highest BCUT2D eigenvalue weighted by Gasteiger charge is 2.41. The first-order valence-electron chi connectivity index (χ1n) is 7.16. The predicted molar refractivity (Wildman–Crippen MR) is 97.1 cm³/mol. The number of rotatable bonds is 3. The molecule has 0 bridgehead atoms. The molecule has 0 spiro atoms. The van der Waals surface area contributed by atoms with Crippen molar-refractivity contribution in [3.63, 3.8) is 0 Å². The molecule has 0 unspecified atom stereocenters. The molecule has 2 aromatic rings. The Bertz CT molecular complexity index is 496. The summed E-state index contributed by atoms with van der Waals surface area (Å²) in [5.41, 5.74) is 0. The largest absolute Gasteiger partial charge is 0.150 e. The highest BCUT2D eigenvalue weighted by atomic mass is 32.2. The molecule has 3 rings (SSSR count). The third-order valence-electron chi connectivity index (χ3n) is 4.05. The molecule has 0 nitrogen and oxygen atoms in total. The van der Waals surface area contributed by atoms with Crippen LogP contribution in [0.3, 0.4) is 0 Å². The van der Waals surface area contributed by atoms with E-state index in [0.717, 1.165) is 4.21 Å². The maximum atomic E-state index is 2.55. The minimum absolute atomic E-state index is 0.737. The van der Waals surface area contributed by atoms with Gasteiger partial charge in [0.15, 0.2) is 0 Å². The molecule has 1 heterocycles. The molecular weight excluding hydrogens is 296 g/mol. The first kappa shape index (κ1) is 14.3. The van der Waals surface area contributed by atoms with Crippen LogP contribution in [-0.2, 0) is 0 Å². The Hall–Kier alpha value is -0.643. The average Bonchev–Trinajstić information content (AvgIpc) is 2.56.